The van der Waals surface area contributed by atoms with Crippen molar-refractivity contribution in [3.05, 3.63) is 0 Å². The van der Waals surface area contributed by atoms with Crippen LogP contribution in [0.15, 0.2) is 0 Å². The first kappa shape index (κ1) is 14.1. The quantitative estimate of drug-likeness (QED) is 0.634. The zero-order chi connectivity index (χ0) is 12.1. The average Bonchev–Trinajstić information content (AvgIpc) is 2.18. The SMILES string of the molecule is CCCCC(CC)C(=O)C(C)(O)C(=O)O. The Bertz CT molecular complexity index is 233. The number of carboxylic acid groups (broad SMARTS) is 1. The van der Waals surface area contributed by atoms with Gasteiger partial charge in [0.15, 0.2) is 5.78 Å². The molecule has 0 bridgehead atoms. The monoisotopic (exact) mass is 216 g/mol. The van der Waals surface area contributed by atoms with E-state index in [9.17, 15) is 14.7 Å². The fourth-order valence-corrected chi connectivity index (χ4v) is 1.47. The zero-order valence-corrected chi connectivity index (χ0v) is 9.62. The molecule has 2 N–H and O–H groups in total. The number of Topliss-reactive ketones (excluding diaryl/α,β-unsaturated/α-hetero) is 1. The van der Waals surface area contributed by atoms with Crippen LogP contribution in [0.4, 0.5) is 0 Å². The van der Waals surface area contributed by atoms with Gasteiger partial charge in [-0.15, -0.1) is 0 Å². The Kier molecular flexibility index (Phi) is 5.50. The van der Waals surface area contributed by atoms with Crippen molar-refractivity contribution < 1.29 is 19.8 Å². The molecule has 0 aliphatic rings. The summed E-state index contributed by atoms with van der Waals surface area (Å²) in [6, 6.07) is 0. The highest BCUT2D eigenvalue weighted by Gasteiger charge is 2.41. The van der Waals surface area contributed by atoms with Gasteiger partial charge in [-0.2, -0.15) is 0 Å². The van der Waals surface area contributed by atoms with E-state index in [1.54, 1.807) is 0 Å². The molecule has 4 heteroatoms. The van der Waals surface area contributed by atoms with Crippen LogP contribution in [0.1, 0.15) is 46.5 Å². The van der Waals surface area contributed by atoms with E-state index in [4.69, 9.17) is 5.11 Å². The molecule has 88 valence electrons. The number of hydrogen-bond acceptors (Lipinski definition) is 3. The number of aliphatic hydroxyl groups is 1. The molecule has 4 nitrogen and oxygen atoms in total. The number of unbranched alkanes of at least 4 members (excludes halogenated alkanes) is 1. The summed E-state index contributed by atoms with van der Waals surface area (Å²) in [4.78, 5) is 22.4. The Morgan fingerprint density at radius 2 is 1.87 bits per heavy atom. The van der Waals surface area contributed by atoms with E-state index in [-0.39, 0.29) is 5.92 Å². The molecule has 0 rings (SSSR count). The molecule has 0 heterocycles. The highest BCUT2D eigenvalue weighted by molar-refractivity contribution is 6.06. The predicted molar refractivity (Wildman–Crippen MR) is 56.6 cm³/mol. The van der Waals surface area contributed by atoms with Crippen molar-refractivity contribution in [2.45, 2.75) is 52.1 Å². The van der Waals surface area contributed by atoms with Crippen LogP contribution in [-0.4, -0.2) is 27.6 Å². The lowest BCUT2D eigenvalue weighted by Gasteiger charge is -2.22. The van der Waals surface area contributed by atoms with E-state index in [2.05, 4.69) is 0 Å². The molecular formula is C11H20O4. The molecule has 0 aromatic heterocycles. The maximum absolute atomic E-state index is 11.7. The number of rotatable bonds is 7. The molecule has 0 saturated carbocycles. The third-order valence-corrected chi connectivity index (χ3v) is 2.67. The van der Waals surface area contributed by atoms with Crippen molar-refractivity contribution >= 4 is 11.8 Å². The van der Waals surface area contributed by atoms with Gasteiger partial charge in [0.1, 0.15) is 0 Å². The van der Waals surface area contributed by atoms with Gasteiger partial charge >= 0.3 is 5.97 Å². The van der Waals surface area contributed by atoms with E-state index >= 15 is 0 Å². The molecular weight excluding hydrogens is 196 g/mol. The van der Waals surface area contributed by atoms with Gasteiger partial charge in [-0.05, 0) is 19.8 Å². The Balaban J connectivity index is 4.57. The van der Waals surface area contributed by atoms with Crippen molar-refractivity contribution in [3.63, 3.8) is 0 Å². The second kappa shape index (κ2) is 5.85. The number of hydrogen-bond donors (Lipinski definition) is 2. The van der Waals surface area contributed by atoms with Crippen LogP contribution < -0.4 is 0 Å². The summed E-state index contributed by atoms with van der Waals surface area (Å²) in [5, 5.41) is 18.2. The second-order valence-corrected chi connectivity index (χ2v) is 3.99. The third kappa shape index (κ3) is 3.63. The summed E-state index contributed by atoms with van der Waals surface area (Å²) in [5.41, 5.74) is -2.24. The van der Waals surface area contributed by atoms with E-state index in [1.165, 1.54) is 0 Å². The maximum atomic E-state index is 11.7. The van der Waals surface area contributed by atoms with Gasteiger partial charge in [0.05, 0.1) is 0 Å². The predicted octanol–water partition coefficient (Wildman–Crippen LogP) is 1.61. The maximum Gasteiger partial charge on any atom is 0.343 e. The molecule has 0 aliphatic heterocycles. The lowest BCUT2D eigenvalue weighted by molar-refractivity contribution is -0.165. The molecule has 2 atom stereocenters. The van der Waals surface area contributed by atoms with Gasteiger partial charge in [0.25, 0.3) is 0 Å². The van der Waals surface area contributed by atoms with Crippen molar-refractivity contribution in [1.29, 1.82) is 0 Å². The van der Waals surface area contributed by atoms with Crippen molar-refractivity contribution in [3.8, 4) is 0 Å². The molecule has 0 fully saturated rings. The molecule has 2 unspecified atom stereocenters. The molecule has 0 aliphatic carbocycles. The van der Waals surface area contributed by atoms with Crippen LogP contribution in [0.25, 0.3) is 0 Å². The first-order valence-corrected chi connectivity index (χ1v) is 5.37. The van der Waals surface area contributed by atoms with Crippen molar-refractivity contribution in [2.24, 2.45) is 5.92 Å². The highest BCUT2D eigenvalue weighted by atomic mass is 16.4. The van der Waals surface area contributed by atoms with Crippen LogP contribution >= 0.6 is 0 Å². The van der Waals surface area contributed by atoms with Gasteiger partial charge < -0.3 is 10.2 Å². The Labute approximate surface area is 90.3 Å². The minimum Gasteiger partial charge on any atom is -0.479 e. The summed E-state index contributed by atoms with van der Waals surface area (Å²) in [6.45, 7) is 4.88. The smallest absolute Gasteiger partial charge is 0.343 e. The van der Waals surface area contributed by atoms with Crippen LogP contribution in [0, 0.1) is 5.92 Å². The molecule has 15 heavy (non-hydrogen) atoms. The largest absolute Gasteiger partial charge is 0.479 e. The first-order valence-electron chi connectivity index (χ1n) is 5.37. The lowest BCUT2D eigenvalue weighted by Crippen LogP contribution is -2.46. The molecule has 0 amide bonds. The third-order valence-electron chi connectivity index (χ3n) is 2.67. The zero-order valence-electron chi connectivity index (χ0n) is 9.62. The molecule has 0 saturated heterocycles. The summed E-state index contributed by atoms with van der Waals surface area (Å²) in [7, 11) is 0. The van der Waals surface area contributed by atoms with E-state index in [0.29, 0.717) is 12.8 Å². The molecule has 0 spiro atoms. The van der Waals surface area contributed by atoms with Gasteiger partial charge in [0.2, 0.25) is 5.60 Å². The normalized spacial score (nSPS) is 16.8. The molecule has 0 aromatic rings. The average molecular weight is 216 g/mol. The van der Waals surface area contributed by atoms with E-state index in [0.717, 1.165) is 19.8 Å². The van der Waals surface area contributed by atoms with Crippen LogP contribution in [0.5, 0.6) is 0 Å². The Morgan fingerprint density at radius 1 is 1.33 bits per heavy atom. The van der Waals surface area contributed by atoms with Crippen LogP contribution in [0.3, 0.4) is 0 Å². The van der Waals surface area contributed by atoms with Crippen molar-refractivity contribution in [1.82, 2.24) is 0 Å². The van der Waals surface area contributed by atoms with Gasteiger partial charge in [0, 0.05) is 5.92 Å². The van der Waals surface area contributed by atoms with E-state index in [1.807, 2.05) is 13.8 Å². The molecule has 0 aromatic carbocycles. The van der Waals surface area contributed by atoms with Gasteiger partial charge in [-0.25, -0.2) is 4.79 Å². The minimum atomic E-state index is -2.24. The first-order chi connectivity index (χ1) is 6.87. The Morgan fingerprint density at radius 3 is 2.20 bits per heavy atom. The summed E-state index contributed by atoms with van der Waals surface area (Å²) < 4.78 is 0. The summed E-state index contributed by atoms with van der Waals surface area (Å²) in [6.07, 6.45) is 3.05. The standard InChI is InChI=1S/C11H20O4/c1-4-6-7-8(5-2)9(12)11(3,15)10(13)14/h8,15H,4-7H2,1-3H3,(H,13,14). The topological polar surface area (TPSA) is 74.6 Å². The number of carbonyl (C=O) groups excluding carboxylic acids is 1. The molecule has 0 radical (unpaired) electrons. The van der Waals surface area contributed by atoms with Gasteiger partial charge in [-0.1, -0.05) is 26.7 Å². The Hall–Kier alpha value is -0.900. The number of carbonyl (C=O) groups is 2. The van der Waals surface area contributed by atoms with Crippen LogP contribution in [-0.2, 0) is 9.59 Å². The second-order valence-electron chi connectivity index (χ2n) is 3.99. The minimum absolute atomic E-state index is 0.351. The fraction of sp³-hybridized carbons (Fsp3) is 0.818. The summed E-state index contributed by atoms with van der Waals surface area (Å²) in [5.74, 6) is -2.40. The van der Waals surface area contributed by atoms with Crippen molar-refractivity contribution in [2.75, 3.05) is 0 Å². The number of carboxylic acids is 1. The number of aliphatic carboxylic acids is 1. The lowest BCUT2D eigenvalue weighted by atomic mass is 9.85. The van der Waals surface area contributed by atoms with E-state index < -0.39 is 17.4 Å². The number of ketones is 1. The van der Waals surface area contributed by atoms with Gasteiger partial charge in [-0.3, -0.25) is 4.79 Å². The fourth-order valence-electron chi connectivity index (χ4n) is 1.47. The van der Waals surface area contributed by atoms with Crippen LogP contribution in [0.2, 0.25) is 0 Å². The summed E-state index contributed by atoms with van der Waals surface area (Å²) >= 11 is 0. The highest BCUT2D eigenvalue weighted by Crippen LogP contribution is 2.20.